The molecule has 0 spiro atoms. The molecule has 2 aromatic rings. The average molecular weight is 499 g/mol. The zero-order valence-corrected chi connectivity index (χ0v) is 20.4. The lowest BCUT2D eigenvalue weighted by atomic mass is 9.88. The van der Waals surface area contributed by atoms with E-state index in [0.717, 1.165) is 30.4 Å². The van der Waals surface area contributed by atoms with Crippen LogP contribution in [-0.2, 0) is 25.5 Å². The van der Waals surface area contributed by atoms with Gasteiger partial charge in [-0.1, -0.05) is 26.8 Å². The molecule has 0 radical (unpaired) electrons. The molecule has 0 bridgehead atoms. The number of nitrogens with two attached hydrogens (primary N) is 1. The SMILES string of the molecule is CC(C)(C)CCc1ccc2c(O)c(C3=NC4=C(SN3)C(=O)C(OCC(N)=O)C(=O)C4)c(=O)[nH]c2c1. The maximum Gasteiger partial charge on any atom is 0.263 e. The number of amides is 1. The number of carbonyl (C=O) groups excluding carboxylic acids is 3. The third-order valence-corrected chi connectivity index (χ3v) is 6.63. The number of aliphatic imine (C=N–C) groups is 1. The van der Waals surface area contributed by atoms with E-state index < -0.39 is 35.7 Å². The van der Waals surface area contributed by atoms with Crippen LogP contribution in [0.5, 0.6) is 5.75 Å². The molecule has 11 heteroatoms. The highest BCUT2D eigenvalue weighted by Gasteiger charge is 2.40. The first-order valence-electron chi connectivity index (χ1n) is 11.0. The smallest absolute Gasteiger partial charge is 0.263 e. The maximum atomic E-state index is 12.9. The Labute approximate surface area is 205 Å². The van der Waals surface area contributed by atoms with Crippen LogP contribution in [0.15, 0.2) is 38.6 Å². The second kappa shape index (κ2) is 9.31. The number of Topliss-reactive ketones (excluding diaryl/α,β-unsaturated/α-hetero) is 2. The normalized spacial score (nSPS) is 18.4. The quantitative estimate of drug-likeness (QED) is 0.346. The number of benzene rings is 1. The van der Waals surface area contributed by atoms with E-state index in [4.69, 9.17) is 10.5 Å². The summed E-state index contributed by atoms with van der Waals surface area (Å²) in [7, 11) is 0. The number of aromatic amines is 1. The molecule has 1 aromatic heterocycles. The van der Waals surface area contributed by atoms with Crippen LogP contribution in [0.1, 0.15) is 44.7 Å². The van der Waals surface area contributed by atoms with Gasteiger partial charge in [0.1, 0.15) is 17.9 Å². The van der Waals surface area contributed by atoms with Gasteiger partial charge in [-0.2, -0.15) is 0 Å². The van der Waals surface area contributed by atoms with Crippen LogP contribution >= 0.6 is 11.9 Å². The van der Waals surface area contributed by atoms with E-state index in [-0.39, 0.29) is 39.6 Å². The van der Waals surface area contributed by atoms with E-state index in [1.165, 1.54) is 0 Å². The molecule has 4 rings (SSSR count). The number of nitrogens with one attached hydrogen (secondary N) is 2. The predicted octanol–water partition coefficient (Wildman–Crippen LogP) is 1.83. The Bertz CT molecular complexity index is 1370. The maximum absolute atomic E-state index is 12.9. The second-order valence-electron chi connectivity index (χ2n) is 9.72. The highest BCUT2D eigenvalue weighted by molar-refractivity contribution is 8.02. The van der Waals surface area contributed by atoms with Crippen LogP contribution in [0.2, 0.25) is 0 Å². The topological polar surface area (TPSA) is 164 Å². The fourth-order valence-corrected chi connectivity index (χ4v) is 4.66. The lowest BCUT2D eigenvalue weighted by molar-refractivity contribution is -0.143. The van der Waals surface area contributed by atoms with Gasteiger partial charge in [-0.05, 0) is 47.9 Å². The van der Waals surface area contributed by atoms with Gasteiger partial charge in [0.05, 0.1) is 22.5 Å². The van der Waals surface area contributed by atoms with Gasteiger partial charge >= 0.3 is 0 Å². The number of aromatic hydroxyl groups is 1. The van der Waals surface area contributed by atoms with Gasteiger partial charge < -0.3 is 25.3 Å². The molecule has 35 heavy (non-hydrogen) atoms. The summed E-state index contributed by atoms with van der Waals surface area (Å²) in [6, 6.07) is 5.51. The van der Waals surface area contributed by atoms with Crippen LogP contribution in [0.4, 0.5) is 0 Å². The number of pyridine rings is 1. The number of fused-ring (bicyclic) bond motifs is 1. The molecule has 1 unspecified atom stereocenters. The minimum Gasteiger partial charge on any atom is -0.506 e. The number of hydrogen-bond donors (Lipinski definition) is 4. The molecule has 184 valence electrons. The van der Waals surface area contributed by atoms with Gasteiger partial charge in [-0.25, -0.2) is 4.99 Å². The largest absolute Gasteiger partial charge is 0.506 e. The zero-order chi connectivity index (χ0) is 25.5. The first-order valence-corrected chi connectivity index (χ1v) is 11.9. The summed E-state index contributed by atoms with van der Waals surface area (Å²) < 4.78 is 7.88. The molecule has 1 amide bonds. The molecule has 0 saturated carbocycles. The molecule has 5 N–H and O–H groups in total. The number of rotatable bonds is 6. The monoisotopic (exact) mass is 498 g/mol. The van der Waals surface area contributed by atoms with E-state index in [0.29, 0.717) is 10.9 Å². The van der Waals surface area contributed by atoms with Crippen LogP contribution < -0.4 is 16.0 Å². The Kier molecular flexibility index (Phi) is 6.56. The van der Waals surface area contributed by atoms with Crippen LogP contribution in [0.25, 0.3) is 10.9 Å². The molecule has 1 aliphatic carbocycles. The third kappa shape index (κ3) is 5.15. The van der Waals surface area contributed by atoms with Gasteiger partial charge in [0, 0.05) is 5.39 Å². The molecule has 2 aliphatic rings. The third-order valence-electron chi connectivity index (χ3n) is 5.70. The standard InChI is InChI=1S/C24H26N4O6S/c1-24(2,3)7-6-11-4-5-12-13(8-11)27-23(33)17(18(12)31)22-26-14-9-15(29)20(34-10-16(25)30)19(32)21(14)35-28-22/h4-5,8,20H,6-7,9-10H2,1-3H3,(H2,25,30)(H,26,28)(H2,27,31,33). The molecule has 1 atom stereocenters. The molecule has 10 nitrogen and oxygen atoms in total. The molecule has 0 saturated heterocycles. The number of allylic oxidation sites excluding steroid dienone is 1. The summed E-state index contributed by atoms with van der Waals surface area (Å²) >= 11 is 0.869. The predicted molar refractivity (Wildman–Crippen MR) is 132 cm³/mol. The summed E-state index contributed by atoms with van der Waals surface area (Å²) in [5, 5.41) is 11.4. The van der Waals surface area contributed by atoms with E-state index in [1.54, 1.807) is 6.07 Å². The van der Waals surface area contributed by atoms with Crippen molar-refractivity contribution < 1.29 is 24.2 Å². The lowest BCUT2D eigenvalue weighted by Crippen LogP contribution is -2.42. The first kappa shape index (κ1) is 24.7. The highest BCUT2D eigenvalue weighted by Crippen LogP contribution is 2.35. The average Bonchev–Trinajstić information content (AvgIpc) is 2.76. The van der Waals surface area contributed by atoms with Crippen LogP contribution in [0.3, 0.4) is 0 Å². The highest BCUT2D eigenvalue weighted by atomic mass is 32.2. The van der Waals surface area contributed by atoms with Gasteiger partial charge in [-0.3, -0.25) is 19.2 Å². The Morgan fingerprint density at radius 1 is 1.29 bits per heavy atom. The van der Waals surface area contributed by atoms with Crippen LogP contribution in [0, 0.1) is 5.41 Å². The van der Waals surface area contributed by atoms with E-state index in [9.17, 15) is 24.3 Å². The number of nitrogens with zero attached hydrogens (tertiary/aromatic N) is 1. The van der Waals surface area contributed by atoms with Gasteiger partial charge in [0.25, 0.3) is 5.56 Å². The van der Waals surface area contributed by atoms with E-state index >= 15 is 0 Å². The lowest BCUT2D eigenvalue weighted by Gasteiger charge is -2.26. The van der Waals surface area contributed by atoms with Crippen molar-refractivity contribution in [3.63, 3.8) is 0 Å². The van der Waals surface area contributed by atoms with Crippen LogP contribution in [-0.4, -0.2) is 46.1 Å². The number of ketones is 2. The Hall–Kier alpha value is -3.44. The first-order chi connectivity index (χ1) is 16.4. The molecule has 2 heterocycles. The molecule has 1 aliphatic heterocycles. The molecule has 0 fully saturated rings. The summed E-state index contributed by atoms with van der Waals surface area (Å²) in [6.07, 6.45) is 0.135. The molecular formula is C24H26N4O6S. The molecule has 1 aromatic carbocycles. The van der Waals surface area contributed by atoms with Gasteiger partial charge in [0.15, 0.2) is 17.7 Å². The van der Waals surface area contributed by atoms with Crippen molar-refractivity contribution in [1.29, 1.82) is 0 Å². The van der Waals surface area contributed by atoms with Crippen molar-refractivity contribution in [2.45, 2.75) is 46.1 Å². The van der Waals surface area contributed by atoms with Crippen molar-refractivity contribution >= 4 is 46.2 Å². The Balaban J connectivity index is 1.66. The second-order valence-corrected chi connectivity index (χ2v) is 10.5. The minimum atomic E-state index is -1.43. The van der Waals surface area contributed by atoms with E-state index in [1.807, 2.05) is 12.1 Å². The number of hydrogen-bond acceptors (Lipinski definition) is 9. The number of amidine groups is 1. The van der Waals surface area contributed by atoms with E-state index in [2.05, 4.69) is 35.5 Å². The molecular weight excluding hydrogens is 472 g/mol. The van der Waals surface area contributed by atoms with Crippen molar-refractivity contribution in [3.05, 3.63) is 50.3 Å². The van der Waals surface area contributed by atoms with Crippen molar-refractivity contribution in [1.82, 2.24) is 9.71 Å². The zero-order valence-electron chi connectivity index (χ0n) is 19.6. The van der Waals surface area contributed by atoms with Crippen molar-refractivity contribution in [2.24, 2.45) is 16.1 Å². The number of primary amides is 1. The van der Waals surface area contributed by atoms with Crippen molar-refractivity contribution in [2.75, 3.05) is 6.61 Å². The summed E-state index contributed by atoms with van der Waals surface area (Å²) in [6.45, 7) is 5.92. The van der Waals surface area contributed by atoms with Gasteiger partial charge in [-0.15, -0.1) is 0 Å². The fraction of sp³-hybridized carbons (Fsp3) is 0.375. The summed E-state index contributed by atoms with van der Waals surface area (Å²) in [4.78, 5) is 56.2. The number of H-pyrrole nitrogens is 1. The number of aryl methyl sites for hydroxylation is 1. The number of ether oxygens (including phenoxy) is 1. The Morgan fingerprint density at radius 3 is 2.71 bits per heavy atom. The number of carbonyl (C=O) groups is 3. The minimum absolute atomic E-state index is 0.0308. The fourth-order valence-electron chi connectivity index (χ4n) is 3.87. The summed E-state index contributed by atoms with van der Waals surface area (Å²) in [5.74, 6) is -2.23. The van der Waals surface area contributed by atoms with Crippen molar-refractivity contribution in [3.8, 4) is 5.75 Å². The Morgan fingerprint density at radius 2 is 2.03 bits per heavy atom. The van der Waals surface area contributed by atoms with Gasteiger partial charge in [0.2, 0.25) is 11.7 Å². The number of aromatic nitrogens is 1. The summed E-state index contributed by atoms with van der Waals surface area (Å²) in [5.41, 5.74) is 6.25.